The third-order valence-corrected chi connectivity index (χ3v) is 2.68. The zero-order chi connectivity index (χ0) is 12.8. The van der Waals surface area contributed by atoms with Crippen LogP contribution in [0.5, 0.6) is 5.75 Å². The molecular formula is C15H17NO2. The van der Waals surface area contributed by atoms with Gasteiger partial charge in [0.15, 0.2) is 0 Å². The minimum Gasteiger partial charge on any atom is -0.496 e. The topological polar surface area (TPSA) is 44.5 Å². The van der Waals surface area contributed by atoms with Gasteiger partial charge in [-0.15, -0.1) is 0 Å². The van der Waals surface area contributed by atoms with Gasteiger partial charge in [-0.1, -0.05) is 36.4 Å². The van der Waals surface area contributed by atoms with Crippen LogP contribution in [0.1, 0.15) is 11.1 Å². The van der Waals surface area contributed by atoms with Gasteiger partial charge in [0.2, 0.25) is 0 Å². The summed E-state index contributed by atoms with van der Waals surface area (Å²) in [6.07, 6.45) is 0. The second-order valence-corrected chi connectivity index (χ2v) is 4.05. The Morgan fingerprint density at radius 2 is 1.78 bits per heavy atom. The van der Waals surface area contributed by atoms with E-state index in [-0.39, 0.29) is 0 Å². The van der Waals surface area contributed by atoms with Crippen molar-refractivity contribution in [1.29, 1.82) is 0 Å². The highest BCUT2D eigenvalue weighted by Crippen LogP contribution is 2.22. The molecule has 0 atom stereocenters. The Bertz CT molecular complexity index is 497. The molecule has 3 heteroatoms. The van der Waals surface area contributed by atoms with Crippen LogP contribution in [0.2, 0.25) is 0 Å². The predicted molar refractivity (Wildman–Crippen MR) is 72.3 cm³/mol. The van der Waals surface area contributed by atoms with Gasteiger partial charge in [-0.25, -0.2) is 0 Å². The number of hydrogen-bond donors (Lipinski definition) is 1. The number of hydrogen-bond acceptors (Lipinski definition) is 3. The molecule has 2 aromatic carbocycles. The van der Waals surface area contributed by atoms with E-state index in [1.165, 1.54) is 0 Å². The number of methoxy groups -OCH3 is 1. The van der Waals surface area contributed by atoms with Gasteiger partial charge in [-0.05, 0) is 11.6 Å². The van der Waals surface area contributed by atoms with Gasteiger partial charge in [0, 0.05) is 17.3 Å². The monoisotopic (exact) mass is 243 g/mol. The summed E-state index contributed by atoms with van der Waals surface area (Å²) >= 11 is 0. The molecule has 18 heavy (non-hydrogen) atoms. The summed E-state index contributed by atoms with van der Waals surface area (Å²) in [7, 11) is 1.63. The lowest BCUT2D eigenvalue weighted by Crippen LogP contribution is -1.98. The lowest BCUT2D eigenvalue weighted by Gasteiger charge is -2.10. The highest BCUT2D eigenvalue weighted by atomic mass is 16.5. The second-order valence-electron chi connectivity index (χ2n) is 4.05. The summed E-state index contributed by atoms with van der Waals surface area (Å²) < 4.78 is 10.9. The first-order valence-electron chi connectivity index (χ1n) is 5.83. The van der Waals surface area contributed by atoms with Crippen LogP contribution >= 0.6 is 0 Å². The summed E-state index contributed by atoms with van der Waals surface area (Å²) in [6, 6.07) is 15.7. The molecule has 2 rings (SSSR count). The summed E-state index contributed by atoms with van der Waals surface area (Å²) in [6.45, 7) is 1.10. The molecule has 0 amide bonds. The second kappa shape index (κ2) is 6.07. The van der Waals surface area contributed by atoms with Crippen molar-refractivity contribution in [2.75, 3.05) is 12.8 Å². The third kappa shape index (κ3) is 3.25. The van der Waals surface area contributed by atoms with E-state index >= 15 is 0 Å². The molecule has 2 N–H and O–H groups in total. The largest absolute Gasteiger partial charge is 0.496 e. The van der Waals surface area contributed by atoms with Crippen molar-refractivity contribution in [1.82, 2.24) is 0 Å². The van der Waals surface area contributed by atoms with Crippen molar-refractivity contribution in [2.24, 2.45) is 0 Å². The Kier molecular flexibility index (Phi) is 4.20. The summed E-state index contributed by atoms with van der Waals surface area (Å²) in [5, 5.41) is 0. The molecule has 0 unspecified atom stereocenters. The minimum atomic E-state index is 0.512. The highest BCUT2D eigenvalue weighted by Gasteiger charge is 2.03. The van der Waals surface area contributed by atoms with Crippen LogP contribution in [0.25, 0.3) is 0 Å². The van der Waals surface area contributed by atoms with Crippen LogP contribution in [0.15, 0.2) is 48.5 Å². The lowest BCUT2D eigenvalue weighted by atomic mass is 10.2. The lowest BCUT2D eigenvalue weighted by molar-refractivity contribution is 0.105. The SMILES string of the molecule is COc1cc(N)ccc1COCc1ccccc1. The molecule has 0 saturated carbocycles. The fraction of sp³-hybridized carbons (Fsp3) is 0.200. The van der Waals surface area contributed by atoms with Crippen LogP contribution in [-0.2, 0) is 18.0 Å². The first-order chi connectivity index (χ1) is 8.79. The van der Waals surface area contributed by atoms with E-state index in [4.69, 9.17) is 15.2 Å². The summed E-state index contributed by atoms with van der Waals surface area (Å²) in [5.74, 6) is 0.767. The molecule has 2 aromatic rings. The predicted octanol–water partition coefficient (Wildman–Crippen LogP) is 2.99. The van der Waals surface area contributed by atoms with E-state index in [0.717, 1.165) is 16.9 Å². The summed E-state index contributed by atoms with van der Waals surface area (Å²) in [4.78, 5) is 0. The molecule has 0 aliphatic heterocycles. The van der Waals surface area contributed by atoms with Gasteiger partial charge in [0.1, 0.15) is 5.75 Å². The zero-order valence-corrected chi connectivity index (χ0v) is 10.4. The Labute approximate surface area is 107 Å². The molecule has 0 bridgehead atoms. The highest BCUT2D eigenvalue weighted by molar-refractivity contribution is 5.48. The van der Waals surface area contributed by atoms with Crippen molar-refractivity contribution in [2.45, 2.75) is 13.2 Å². The van der Waals surface area contributed by atoms with Gasteiger partial charge < -0.3 is 15.2 Å². The maximum Gasteiger partial charge on any atom is 0.126 e. The fourth-order valence-electron chi connectivity index (χ4n) is 1.73. The van der Waals surface area contributed by atoms with Crippen LogP contribution in [-0.4, -0.2) is 7.11 Å². The van der Waals surface area contributed by atoms with Gasteiger partial charge >= 0.3 is 0 Å². The molecule has 0 aromatic heterocycles. The molecule has 0 fully saturated rings. The third-order valence-electron chi connectivity index (χ3n) is 2.68. The molecule has 0 aliphatic carbocycles. The van der Waals surface area contributed by atoms with E-state index in [2.05, 4.69) is 0 Å². The Morgan fingerprint density at radius 3 is 2.50 bits per heavy atom. The molecule has 94 valence electrons. The first-order valence-corrected chi connectivity index (χ1v) is 5.83. The van der Waals surface area contributed by atoms with Crippen molar-refractivity contribution >= 4 is 5.69 Å². The fourth-order valence-corrected chi connectivity index (χ4v) is 1.73. The first kappa shape index (κ1) is 12.5. The van der Waals surface area contributed by atoms with Crippen LogP contribution in [0.3, 0.4) is 0 Å². The Balaban J connectivity index is 1.94. The maximum atomic E-state index is 5.70. The molecule has 0 saturated heterocycles. The molecule has 0 radical (unpaired) electrons. The molecule has 3 nitrogen and oxygen atoms in total. The number of nitrogen functional groups attached to an aromatic ring is 1. The van der Waals surface area contributed by atoms with Gasteiger partial charge in [0.25, 0.3) is 0 Å². The van der Waals surface area contributed by atoms with E-state index in [0.29, 0.717) is 18.9 Å². The van der Waals surface area contributed by atoms with Gasteiger partial charge in [-0.2, -0.15) is 0 Å². The average Bonchev–Trinajstić information content (AvgIpc) is 2.41. The van der Waals surface area contributed by atoms with E-state index < -0.39 is 0 Å². The number of anilines is 1. The van der Waals surface area contributed by atoms with Crippen LogP contribution in [0.4, 0.5) is 5.69 Å². The van der Waals surface area contributed by atoms with Crippen molar-refractivity contribution in [3.63, 3.8) is 0 Å². The van der Waals surface area contributed by atoms with Gasteiger partial charge in [0.05, 0.1) is 20.3 Å². The smallest absolute Gasteiger partial charge is 0.126 e. The normalized spacial score (nSPS) is 10.3. The van der Waals surface area contributed by atoms with Crippen molar-refractivity contribution in [3.8, 4) is 5.75 Å². The van der Waals surface area contributed by atoms with Crippen LogP contribution < -0.4 is 10.5 Å². The maximum absolute atomic E-state index is 5.70. The number of benzene rings is 2. The average molecular weight is 243 g/mol. The standard InChI is InChI=1S/C15H17NO2/c1-17-15-9-14(16)8-7-13(15)11-18-10-12-5-3-2-4-6-12/h2-9H,10-11,16H2,1H3. The van der Waals surface area contributed by atoms with Crippen LogP contribution in [0, 0.1) is 0 Å². The molecule has 0 aliphatic rings. The quantitative estimate of drug-likeness (QED) is 0.821. The number of ether oxygens (including phenoxy) is 2. The molecule has 0 spiro atoms. The van der Waals surface area contributed by atoms with Crippen molar-refractivity contribution in [3.05, 3.63) is 59.7 Å². The van der Waals surface area contributed by atoms with E-state index in [1.54, 1.807) is 13.2 Å². The zero-order valence-electron chi connectivity index (χ0n) is 10.4. The van der Waals surface area contributed by atoms with E-state index in [9.17, 15) is 0 Å². The van der Waals surface area contributed by atoms with Crippen molar-refractivity contribution < 1.29 is 9.47 Å². The Hall–Kier alpha value is -2.00. The Morgan fingerprint density at radius 1 is 1.00 bits per heavy atom. The summed E-state index contributed by atoms with van der Waals surface area (Å²) in [5.41, 5.74) is 8.56. The number of rotatable bonds is 5. The molecule has 0 heterocycles. The molecular weight excluding hydrogens is 226 g/mol. The minimum absolute atomic E-state index is 0.512. The number of nitrogens with two attached hydrogens (primary N) is 1. The van der Waals surface area contributed by atoms with Gasteiger partial charge in [-0.3, -0.25) is 0 Å². The van der Waals surface area contributed by atoms with E-state index in [1.807, 2.05) is 42.5 Å².